The number of ether oxygens (including phenoxy) is 1. The van der Waals surface area contributed by atoms with Gasteiger partial charge in [-0.2, -0.15) is 0 Å². The van der Waals surface area contributed by atoms with Gasteiger partial charge < -0.3 is 20.4 Å². The van der Waals surface area contributed by atoms with E-state index in [0.717, 1.165) is 0 Å². The summed E-state index contributed by atoms with van der Waals surface area (Å²) < 4.78 is 4.69. The van der Waals surface area contributed by atoms with Crippen molar-refractivity contribution in [2.75, 3.05) is 12.3 Å². The summed E-state index contributed by atoms with van der Waals surface area (Å²) >= 11 is 0. The van der Waals surface area contributed by atoms with Gasteiger partial charge in [0.2, 0.25) is 0 Å². The van der Waals surface area contributed by atoms with Crippen molar-refractivity contribution in [2.45, 2.75) is 6.92 Å². The number of carboxylic acid groups (broad SMARTS) is 1. The predicted molar refractivity (Wildman–Crippen MR) is 51.1 cm³/mol. The van der Waals surface area contributed by atoms with Crippen molar-refractivity contribution in [3.63, 3.8) is 0 Å². The number of benzene rings is 1. The molecule has 80 valence electrons. The monoisotopic (exact) mass is 208 g/mol. The number of nitrogen functional groups attached to an aromatic ring is 1. The van der Waals surface area contributed by atoms with E-state index >= 15 is 0 Å². The molecule has 0 amide bonds. The second-order valence-electron chi connectivity index (χ2n) is 2.81. The van der Waals surface area contributed by atoms with Gasteiger partial charge in [-0.15, -0.1) is 0 Å². The predicted octanol–water partition coefficient (Wildman–Crippen LogP) is -0.191. The summed E-state index contributed by atoms with van der Waals surface area (Å²) in [6, 6.07) is 3.90. The Morgan fingerprint density at radius 3 is 2.60 bits per heavy atom. The van der Waals surface area contributed by atoms with Crippen LogP contribution in [-0.2, 0) is 4.74 Å². The van der Waals surface area contributed by atoms with Crippen LogP contribution in [0.5, 0.6) is 0 Å². The van der Waals surface area contributed by atoms with Gasteiger partial charge in [-0.05, 0) is 25.1 Å². The van der Waals surface area contributed by atoms with E-state index in [1.54, 1.807) is 6.92 Å². The van der Waals surface area contributed by atoms with Crippen molar-refractivity contribution in [1.29, 1.82) is 0 Å². The first-order valence-electron chi connectivity index (χ1n) is 4.34. The van der Waals surface area contributed by atoms with E-state index in [2.05, 4.69) is 4.74 Å². The van der Waals surface area contributed by atoms with Crippen LogP contribution in [0, 0.1) is 0 Å². The topological polar surface area (TPSA) is 92.5 Å². The Morgan fingerprint density at radius 1 is 1.40 bits per heavy atom. The molecule has 0 spiro atoms. The Morgan fingerprint density at radius 2 is 2.07 bits per heavy atom. The smallest absolute Gasteiger partial charge is 0.338 e. The lowest BCUT2D eigenvalue weighted by Crippen LogP contribution is -2.25. The molecule has 0 atom stereocenters. The number of hydrogen-bond acceptors (Lipinski definition) is 5. The SMILES string of the molecule is CCOC(=O)c1ccc(N)cc1C(=O)[O-]. The third-order valence-electron chi connectivity index (χ3n) is 1.76. The van der Waals surface area contributed by atoms with Gasteiger partial charge in [-0.1, -0.05) is 0 Å². The van der Waals surface area contributed by atoms with E-state index in [1.165, 1.54) is 18.2 Å². The molecule has 2 N–H and O–H groups in total. The molecule has 0 unspecified atom stereocenters. The minimum atomic E-state index is -1.45. The molecule has 0 radical (unpaired) electrons. The Bertz CT molecular complexity index is 400. The average Bonchev–Trinajstić information content (AvgIpc) is 2.17. The van der Waals surface area contributed by atoms with Gasteiger partial charge in [0.05, 0.1) is 18.1 Å². The van der Waals surface area contributed by atoms with Gasteiger partial charge in [0.1, 0.15) is 0 Å². The molecule has 5 heteroatoms. The van der Waals surface area contributed by atoms with Gasteiger partial charge >= 0.3 is 5.97 Å². The van der Waals surface area contributed by atoms with Crippen molar-refractivity contribution >= 4 is 17.6 Å². The highest BCUT2D eigenvalue weighted by atomic mass is 16.5. The molecular weight excluding hydrogens is 198 g/mol. The molecular formula is C10H10NO4-. The van der Waals surface area contributed by atoms with Gasteiger partial charge in [-0.25, -0.2) is 4.79 Å². The van der Waals surface area contributed by atoms with Crippen LogP contribution in [0.4, 0.5) is 5.69 Å². The number of carbonyl (C=O) groups excluding carboxylic acids is 2. The first-order valence-corrected chi connectivity index (χ1v) is 4.34. The molecule has 0 aliphatic carbocycles. The molecule has 1 aromatic carbocycles. The van der Waals surface area contributed by atoms with Crippen molar-refractivity contribution < 1.29 is 19.4 Å². The Hall–Kier alpha value is -2.04. The number of aromatic carboxylic acids is 1. The van der Waals surface area contributed by atoms with E-state index in [0.29, 0.717) is 0 Å². The molecule has 15 heavy (non-hydrogen) atoms. The lowest BCUT2D eigenvalue weighted by molar-refractivity contribution is -0.255. The highest BCUT2D eigenvalue weighted by Gasteiger charge is 2.13. The van der Waals surface area contributed by atoms with Crippen LogP contribution in [0.25, 0.3) is 0 Å². The number of carboxylic acids is 1. The maximum absolute atomic E-state index is 11.3. The Kier molecular flexibility index (Phi) is 3.28. The fraction of sp³-hybridized carbons (Fsp3) is 0.200. The number of anilines is 1. The van der Waals surface area contributed by atoms with Crippen molar-refractivity contribution in [2.24, 2.45) is 0 Å². The third-order valence-corrected chi connectivity index (χ3v) is 1.76. The van der Waals surface area contributed by atoms with E-state index < -0.39 is 11.9 Å². The first-order chi connectivity index (χ1) is 7.06. The minimum absolute atomic E-state index is 0.0500. The first kappa shape index (κ1) is 11.0. The maximum Gasteiger partial charge on any atom is 0.338 e. The molecule has 1 aromatic rings. The summed E-state index contributed by atoms with van der Waals surface area (Å²) in [6.45, 7) is 1.81. The van der Waals surface area contributed by atoms with E-state index in [9.17, 15) is 14.7 Å². The largest absolute Gasteiger partial charge is 0.545 e. The zero-order valence-electron chi connectivity index (χ0n) is 8.15. The molecule has 0 bridgehead atoms. The molecule has 0 aliphatic rings. The van der Waals surface area contributed by atoms with Crippen LogP contribution in [0.15, 0.2) is 18.2 Å². The molecule has 0 saturated heterocycles. The second kappa shape index (κ2) is 4.45. The quantitative estimate of drug-likeness (QED) is 0.549. The summed E-state index contributed by atoms with van der Waals surface area (Å²) in [7, 11) is 0. The van der Waals surface area contributed by atoms with Gasteiger partial charge in [0.15, 0.2) is 0 Å². The summed E-state index contributed by atoms with van der Waals surface area (Å²) in [5.74, 6) is -2.15. The standard InChI is InChI=1S/C10H11NO4/c1-2-15-10(14)7-4-3-6(11)5-8(7)9(12)13/h3-5H,2,11H2,1H3,(H,12,13)/p-1. The average molecular weight is 208 g/mol. The molecule has 0 saturated carbocycles. The number of esters is 1. The Labute approximate surface area is 86.5 Å². The Balaban J connectivity index is 3.17. The van der Waals surface area contributed by atoms with Crippen LogP contribution < -0.4 is 10.8 Å². The zero-order valence-corrected chi connectivity index (χ0v) is 8.15. The third kappa shape index (κ3) is 2.46. The second-order valence-corrected chi connectivity index (χ2v) is 2.81. The van der Waals surface area contributed by atoms with E-state index in [1.807, 2.05) is 0 Å². The molecule has 0 fully saturated rings. The van der Waals surface area contributed by atoms with E-state index in [-0.39, 0.29) is 23.4 Å². The number of carbonyl (C=O) groups is 2. The molecule has 1 rings (SSSR count). The lowest BCUT2D eigenvalue weighted by atomic mass is 10.1. The van der Waals surface area contributed by atoms with Gasteiger partial charge in [-0.3, -0.25) is 0 Å². The molecule has 5 nitrogen and oxygen atoms in total. The highest BCUT2D eigenvalue weighted by molar-refractivity contribution is 6.02. The lowest BCUT2D eigenvalue weighted by Gasteiger charge is -2.10. The van der Waals surface area contributed by atoms with Crippen molar-refractivity contribution in [3.05, 3.63) is 29.3 Å². The van der Waals surface area contributed by atoms with Crippen LogP contribution >= 0.6 is 0 Å². The van der Waals surface area contributed by atoms with Crippen LogP contribution in [0.3, 0.4) is 0 Å². The molecule has 0 aliphatic heterocycles. The molecule has 0 aromatic heterocycles. The highest BCUT2D eigenvalue weighted by Crippen LogP contribution is 2.14. The van der Waals surface area contributed by atoms with Crippen LogP contribution in [0.1, 0.15) is 27.6 Å². The zero-order chi connectivity index (χ0) is 11.4. The van der Waals surface area contributed by atoms with Crippen LogP contribution in [0.2, 0.25) is 0 Å². The number of rotatable bonds is 3. The minimum Gasteiger partial charge on any atom is -0.545 e. The fourth-order valence-corrected chi connectivity index (χ4v) is 1.12. The number of nitrogens with two attached hydrogens (primary N) is 1. The summed E-state index contributed by atoms with van der Waals surface area (Å²) in [5, 5.41) is 10.7. The molecule has 0 heterocycles. The van der Waals surface area contributed by atoms with Crippen molar-refractivity contribution in [3.8, 4) is 0 Å². The summed E-state index contributed by atoms with van der Waals surface area (Å²) in [6.07, 6.45) is 0. The van der Waals surface area contributed by atoms with E-state index in [4.69, 9.17) is 5.73 Å². The van der Waals surface area contributed by atoms with Crippen molar-refractivity contribution in [1.82, 2.24) is 0 Å². The van der Waals surface area contributed by atoms with Crippen LogP contribution in [-0.4, -0.2) is 18.5 Å². The maximum atomic E-state index is 11.3. The number of hydrogen-bond donors (Lipinski definition) is 1. The summed E-state index contributed by atoms with van der Waals surface area (Å²) in [4.78, 5) is 22.0. The summed E-state index contributed by atoms with van der Waals surface area (Å²) in [5.41, 5.74) is 5.34. The fourth-order valence-electron chi connectivity index (χ4n) is 1.12. The normalized spacial score (nSPS) is 9.67. The van der Waals surface area contributed by atoms with Gasteiger partial charge in [0, 0.05) is 11.3 Å². The van der Waals surface area contributed by atoms with Gasteiger partial charge in [0.25, 0.3) is 0 Å².